The van der Waals surface area contributed by atoms with Crippen molar-refractivity contribution in [3.05, 3.63) is 26.7 Å². The molecular weight excluding hydrogens is 351 g/mol. The molecule has 0 bridgehead atoms. The fraction of sp³-hybridized carbons (Fsp3) is 0.462. The quantitative estimate of drug-likeness (QED) is 0.775. The molecule has 3 nitrogen and oxygen atoms in total. The molecule has 0 aromatic heterocycles. The van der Waals surface area contributed by atoms with Crippen molar-refractivity contribution in [1.29, 1.82) is 0 Å². The number of nitrogens with one attached hydrogen (secondary N) is 2. The van der Waals surface area contributed by atoms with Gasteiger partial charge in [0.2, 0.25) is 5.91 Å². The molecule has 2 unspecified atom stereocenters. The van der Waals surface area contributed by atoms with Crippen molar-refractivity contribution in [3.8, 4) is 0 Å². The first-order valence-electron chi connectivity index (χ1n) is 6.18. The lowest BCUT2D eigenvalue weighted by molar-refractivity contribution is -0.119. The summed E-state index contributed by atoms with van der Waals surface area (Å²) in [6.45, 7) is 2.95. The Labute approximate surface area is 131 Å². The van der Waals surface area contributed by atoms with Crippen LogP contribution >= 0.6 is 39.1 Å². The molecule has 19 heavy (non-hydrogen) atoms. The number of hydrogen-bond donors (Lipinski definition) is 2. The fourth-order valence-corrected chi connectivity index (χ4v) is 3.05. The van der Waals surface area contributed by atoms with Crippen LogP contribution in [0.2, 0.25) is 10.0 Å². The standard InChI is InChI=1S/C13H15BrCl2N2O/c1-7-3-2-6-17-12(7)13(19)18-9-5-4-8(14)10(15)11(9)16/h4-5,7,12,17H,2-3,6H2,1H3,(H,18,19). The number of amides is 1. The van der Waals surface area contributed by atoms with Crippen LogP contribution in [0, 0.1) is 5.92 Å². The van der Waals surface area contributed by atoms with Gasteiger partial charge in [-0.3, -0.25) is 4.79 Å². The number of anilines is 1. The van der Waals surface area contributed by atoms with Crippen molar-refractivity contribution >= 4 is 50.7 Å². The summed E-state index contributed by atoms with van der Waals surface area (Å²) in [4.78, 5) is 12.2. The van der Waals surface area contributed by atoms with Crippen LogP contribution in [0.4, 0.5) is 5.69 Å². The van der Waals surface area contributed by atoms with Gasteiger partial charge in [0.1, 0.15) is 0 Å². The van der Waals surface area contributed by atoms with E-state index in [1.165, 1.54) is 0 Å². The van der Waals surface area contributed by atoms with Crippen molar-refractivity contribution in [2.75, 3.05) is 11.9 Å². The zero-order valence-corrected chi connectivity index (χ0v) is 13.6. The van der Waals surface area contributed by atoms with Crippen molar-refractivity contribution in [3.63, 3.8) is 0 Å². The lowest BCUT2D eigenvalue weighted by Gasteiger charge is -2.29. The maximum atomic E-state index is 12.2. The van der Waals surface area contributed by atoms with Gasteiger partial charge in [0, 0.05) is 4.47 Å². The zero-order chi connectivity index (χ0) is 14.0. The third-order valence-corrected chi connectivity index (χ3v) is 5.12. The van der Waals surface area contributed by atoms with E-state index in [0.29, 0.717) is 26.1 Å². The molecule has 1 fully saturated rings. The van der Waals surface area contributed by atoms with Gasteiger partial charge < -0.3 is 10.6 Å². The van der Waals surface area contributed by atoms with E-state index < -0.39 is 0 Å². The minimum absolute atomic E-state index is 0.0625. The second-order valence-electron chi connectivity index (χ2n) is 4.76. The molecule has 1 aliphatic rings. The zero-order valence-electron chi connectivity index (χ0n) is 10.5. The van der Waals surface area contributed by atoms with Gasteiger partial charge in [0.05, 0.1) is 21.8 Å². The Morgan fingerprint density at radius 2 is 2.16 bits per heavy atom. The number of halogens is 3. The smallest absolute Gasteiger partial charge is 0.241 e. The van der Waals surface area contributed by atoms with Gasteiger partial charge in [0.25, 0.3) is 0 Å². The molecule has 1 amide bonds. The number of carbonyl (C=O) groups is 1. The fourth-order valence-electron chi connectivity index (χ4n) is 2.23. The van der Waals surface area contributed by atoms with Crippen LogP contribution in [0.15, 0.2) is 16.6 Å². The van der Waals surface area contributed by atoms with Gasteiger partial charge >= 0.3 is 0 Å². The monoisotopic (exact) mass is 364 g/mol. The molecular formula is C13H15BrCl2N2O. The predicted molar refractivity (Wildman–Crippen MR) is 83.0 cm³/mol. The normalized spacial score (nSPS) is 23.2. The molecule has 0 radical (unpaired) electrons. The van der Waals surface area contributed by atoms with E-state index in [4.69, 9.17) is 23.2 Å². The van der Waals surface area contributed by atoms with Crippen LogP contribution in [0.5, 0.6) is 0 Å². The van der Waals surface area contributed by atoms with Crippen LogP contribution < -0.4 is 10.6 Å². The molecule has 6 heteroatoms. The largest absolute Gasteiger partial charge is 0.323 e. The second kappa shape index (κ2) is 6.44. The number of rotatable bonds is 2. The highest BCUT2D eigenvalue weighted by Crippen LogP contribution is 2.36. The Bertz CT molecular complexity index is 496. The Kier molecular flexibility index (Phi) is 5.12. The number of carbonyl (C=O) groups excluding carboxylic acids is 1. The summed E-state index contributed by atoms with van der Waals surface area (Å²) in [7, 11) is 0. The molecule has 0 spiro atoms. The van der Waals surface area contributed by atoms with E-state index in [9.17, 15) is 4.79 Å². The summed E-state index contributed by atoms with van der Waals surface area (Å²) in [5.74, 6) is 0.255. The lowest BCUT2D eigenvalue weighted by Crippen LogP contribution is -2.48. The van der Waals surface area contributed by atoms with Crippen LogP contribution in [0.1, 0.15) is 19.8 Å². The first kappa shape index (κ1) is 15.1. The van der Waals surface area contributed by atoms with Gasteiger partial charge in [-0.2, -0.15) is 0 Å². The molecule has 0 saturated carbocycles. The minimum atomic E-state index is -0.174. The molecule has 1 heterocycles. The van der Waals surface area contributed by atoms with E-state index >= 15 is 0 Å². The first-order valence-corrected chi connectivity index (χ1v) is 7.73. The Morgan fingerprint density at radius 3 is 2.84 bits per heavy atom. The van der Waals surface area contributed by atoms with Crippen LogP contribution in [0.25, 0.3) is 0 Å². The average Bonchev–Trinajstić information content (AvgIpc) is 2.40. The highest BCUT2D eigenvalue weighted by Gasteiger charge is 2.27. The first-order chi connectivity index (χ1) is 9.00. The molecule has 1 aromatic carbocycles. The molecule has 0 aliphatic carbocycles. The molecule has 1 aromatic rings. The van der Waals surface area contributed by atoms with E-state index in [-0.39, 0.29) is 11.9 Å². The minimum Gasteiger partial charge on any atom is -0.323 e. The van der Waals surface area contributed by atoms with E-state index in [0.717, 1.165) is 19.4 Å². The lowest BCUT2D eigenvalue weighted by atomic mass is 9.92. The van der Waals surface area contributed by atoms with Gasteiger partial charge in [-0.15, -0.1) is 0 Å². The maximum Gasteiger partial charge on any atom is 0.241 e. The molecule has 2 atom stereocenters. The summed E-state index contributed by atoms with van der Waals surface area (Å²) < 4.78 is 0.710. The SMILES string of the molecule is CC1CCCNC1C(=O)Nc1ccc(Br)c(Cl)c1Cl. The van der Waals surface area contributed by atoms with Crippen LogP contribution in [-0.2, 0) is 4.79 Å². The van der Waals surface area contributed by atoms with Crippen LogP contribution in [0.3, 0.4) is 0 Å². The summed E-state index contributed by atoms with van der Waals surface area (Å²) in [6, 6.07) is 3.33. The van der Waals surface area contributed by atoms with Gasteiger partial charge in [-0.25, -0.2) is 0 Å². The van der Waals surface area contributed by atoms with E-state index in [1.54, 1.807) is 12.1 Å². The summed E-state index contributed by atoms with van der Waals surface area (Å²) in [6.07, 6.45) is 2.16. The molecule has 1 aliphatic heterocycles. The molecule has 2 rings (SSSR count). The Morgan fingerprint density at radius 1 is 1.42 bits per heavy atom. The summed E-state index contributed by atoms with van der Waals surface area (Å²) in [5.41, 5.74) is 0.541. The second-order valence-corrected chi connectivity index (χ2v) is 6.37. The number of hydrogen-bond acceptors (Lipinski definition) is 2. The molecule has 2 N–H and O–H groups in total. The average molecular weight is 366 g/mol. The third-order valence-electron chi connectivity index (χ3n) is 3.35. The topological polar surface area (TPSA) is 41.1 Å². The Hall–Kier alpha value is -0.290. The highest BCUT2D eigenvalue weighted by molar-refractivity contribution is 9.10. The van der Waals surface area contributed by atoms with Crippen molar-refractivity contribution in [2.24, 2.45) is 5.92 Å². The summed E-state index contributed by atoms with van der Waals surface area (Å²) >= 11 is 15.4. The molecule has 104 valence electrons. The van der Waals surface area contributed by atoms with Crippen LogP contribution in [-0.4, -0.2) is 18.5 Å². The van der Waals surface area contributed by atoms with Gasteiger partial charge in [0.15, 0.2) is 0 Å². The maximum absolute atomic E-state index is 12.2. The van der Waals surface area contributed by atoms with Crippen molar-refractivity contribution in [2.45, 2.75) is 25.8 Å². The summed E-state index contributed by atoms with van der Waals surface area (Å²) in [5, 5.41) is 6.84. The van der Waals surface area contributed by atoms with E-state index in [2.05, 4.69) is 33.5 Å². The third kappa shape index (κ3) is 3.43. The number of piperidine rings is 1. The molecule has 1 saturated heterocycles. The van der Waals surface area contributed by atoms with Gasteiger partial charge in [-0.05, 0) is 53.4 Å². The van der Waals surface area contributed by atoms with Crippen molar-refractivity contribution in [1.82, 2.24) is 5.32 Å². The van der Waals surface area contributed by atoms with E-state index in [1.807, 2.05) is 0 Å². The Balaban J connectivity index is 2.12. The van der Waals surface area contributed by atoms with Crippen molar-refractivity contribution < 1.29 is 4.79 Å². The highest BCUT2D eigenvalue weighted by atomic mass is 79.9. The van der Waals surface area contributed by atoms with Gasteiger partial charge in [-0.1, -0.05) is 30.1 Å². The predicted octanol–water partition coefficient (Wildman–Crippen LogP) is 4.08. The number of benzene rings is 1.